The van der Waals surface area contributed by atoms with Crippen LogP contribution in [0.1, 0.15) is 6.42 Å². The van der Waals surface area contributed by atoms with Crippen molar-refractivity contribution in [2.24, 2.45) is 0 Å². The third kappa shape index (κ3) is 3.35. The van der Waals surface area contributed by atoms with Crippen LogP contribution in [0.4, 0.5) is 19.0 Å². The molecule has 0 unspecified atom stereocenters. The normalized spacial score (nSPS) is 17.0. The van der Waals surface area contributed by atoms with Gasteiger partial charge in [0, 0.05) is 30.9 Å². The molecule has 1 saturated heterocycles. The molecule has 3 N–H and O–H groups in total. The van der Waals surface area contributed by atoms with Gasteiger partial charge in [0.05, 0.1) is 23.7 Å². The Hall–Kier alpha value is -3.18. The number of nitrogens with zero attached hydrogens (tertiary/aromatic N) is 6. The molecule has 158 valence electrons. The summed E-state index contributed by atoms with van der Waals surface area (Å²) in [5.41, 5.74) is 6.42. The summed E-state index contributed by atoms with van der Waals surface area (Å²) in [6.45, 7) is -0.633. The van der Waals surface area contributed by atoms with Gasteiger partial charge in [0.25, 0.3) is 0 Å². The highest BCUT2D eigenvalue weighted by atomic mass is 32.2. The maximum atomic E-state index is 12.6. The minimum atomic E-state index is -4.86. The fraction of sp³-hybridized carbons (Fsp3) is 0.375. The van der Waals surface area contributed by atoms with Gasteiger partial charge >= 0.3 is 6.18 Å². The standard InChI is InChI=1S/C16H15F3N8O2S/c17-16(18,19)8-30(28,29)26-6-15(7-26,2-3-20)27-5-11(13(21)25-27)12-10-1-4-22-14(10)24-9-23-12/h1,4-5,9H,2,6-8H2,(H2,21,25)(H,22,23,24). The van der Waals surface area contributed by atoms with Crippen LogP contribution in [0.15, 0.2) is 24.8 Å². The fourth-order valence-corrected chi connectivity index (χ4v) is 4.96. The van der Waals surface area contributed by atoms with Crippen LogP contribution < -0.4 is 5.73 Å². The van der Waals surface area contributed by atoms with Gasteiger partial charge in [0.2, 0.25) is 10.0 Å². The van der Waals surface area contributed by atoms with Gasteiger partial charge in [-0.3, -0.25) is 4.68 Å². The molecule has 0 bridgehead atoms. The largest absolute Gasteiger partial charge is 0.404 e. The zero-order valence-electron chi connectivity index (χ0n) is 15.3. The molecule has 0 radical (unpaired) electrons. The average Bonchev–Trinajstić information content (AvgIpc) is 3.21. The zero-order valence-corrected chi connectivity index (χ0v) is 16.1. The second kappa shape index (κ2) is 6.67. The van der Waals surface area contributed by atoms with E-state index in [0.29, 0.717) is 26.6 Å². The molecule has 30 heavy (non-hydrogen) atoms. The lowest BCUT2D eigenvalue weighted by Gasteiger charge is -2.47. The van der Waals surface area contributed by atoms with Gasteiger partial charge in [0.15, 0.2) is 11.6 Å². The number of aromatic nitrogens is 5. The van der Waals surface area contributed by atoms with Crippen molar-refractivity contribution < 1.29 is 21.6 Å². The molecule has 3 aromatic heterocycles. The lowest BCUT2D eigenvalue weighted by molar-refractivity contribution is -0.107. The summed E-state index contributed by atoms with van der Waals surface area (Å²) >= 11 is 0. The Balaban J connectivity index is 1.67. The van der Waals surface area contributed by atoms with Crippen molar-refractivity contribution in [3.05, 3.63) is 24.8 Å². The Morgan fingerprint density at radius 3 is 2.73 bits per heavy atom. The number of rotatable bonds is 5. The smallest absolute Gasteiger partial charge is 0.382 e. The van der Waals surface area contributed by atoms with Gasteiger partial charge in [-0.2, -0.15) is 27.8 Å². The second-order valence-electron chi connectivity index (χ2n) is 7.03. The van der Waals surface area contributed by atoms with E-state index in [2.05, 4.69) is 20.1 Å². The average molecular weight is 440 g/mol. The van der Waals surface area contributed by atoms with Crippen molar-refractivity contribution >= 4 is 26.9 Å². The van der Waals surface area contributed by atoms with E-state index in [0.717, 1.165) is 0 Å². The molecule has 0 saturated carbocycles. The van der Waals surface area contributed by atoms with Crippen LogP contribution in [0.5, 0.6) is 0 Å². The Kier molecular flexibility index (Phi) is 4.47. The molecule has 3 aromatic rings. The van der Waals surface area contributed by atoms with Crippen LogP contribution in [0.3, 0.4) is 0 Å². The maximum Gasteiger partial charge on any atom is 0.404 e. The Bertz CT molecular complexity index is 1250. The number of halogens is 3. The van der Waals surface area contributed by atoms with Crippen molar-refractivity contribution in [1.29, 1.82) is 5.26 Å². The molecule has 0 aromatic carbocycles. The Labute approximate surface area is 168 Å². The number of aromatic amines is 1. The minimum Gasteiger partial charge on any atom is -0.382 e. The lowest BCUT2D eigenvalue weighted by Crippen LogP contribution is -2.65. The quantitative estimate of drug-likeness (QED) is 0.606. The number of sulfonamides is 1. The highest BCUT2D eigenvalue weighted by molar-refractivity contribution is 7.89. The van der Waals surface area contributed by atoms with Crippen LogP contribution in [0.25, 0.3) is 22.3 Å². The zero-order chi connectivity index (χ0) is 21.7. The van der Waals surface area contributed by atoms with E-state index >= 15 is 0 Å². The first-order valence-corrected chi connectivity index (χ1v) is 10.2. The summed E-state index contributed by atoms with van der Waals surface area (Å²) in [6.07, 6.45) is -0.477. The summed E-state index contributed by atoms with van der Waals surface area (Å²) in [6, 6.07) is 3.70. The third-order valence-corrected chi connectivity index (χ3v) is 6.66. The topological polar surface area (TPSA) is 147 Å². The Morgan fingerprint density at radius 2 is 2.07 bits per heavy atom. The molecule has 0 aliphatic carbocycles. The first kappa shape index (κ1) is 20.1. The molecular formula is C16H15F3N8O2S. The molecule has 4 rings (SSSR count). The third-order valence-electron chi connectivity index (χ3n) is 4.93. The van der Waals surface area contributed by atoms with E-state index < -0.39 is 27.5 Å². The number of nitrogens with two attached hydrogens (primary N) is 1. The molecule has 14 heteroatoms. The number of alkyl halides is 3. The number of nitrogens with one attached hydrogen (secondary N) is 1. The van der Waals surface area contributed by atoms with Gasteiger partial charge in [-0.25, -0.2) is 18.4 Å². The summed E-state index contributed by atoms with van der Waals surface area (Å²) in [5.74, 6) is -1.87. The highest BCUT2D eigenvalue weighted by Gasteiger charge is 2.52. The number of hydrogen-bond acceptors (Lipinski definition) is 7. The molecular weight excluding hydrogens is 425 g/mol. The molecule has 0 spiro atoms. The number of nitrogen functional groups attached to an aromatic ring is 1. The van der Waals surface area contributed by atoms with Gasteiger partial charge in [-0.1, -0.05) is 0 Å². The van der Waals surface area contributed by atoms with Gasteiger partial charge in [-0.15, -0.1) is 0 Å². The molecule has 0 atom stereocenters. The second-order valence-corrected chi connectivity index (χ2v) is 9.00. The van der Waals surface area contributed by atoms with Crippen LogP contribution in [0.2, 0.25) is 0 Å². The number of hydrogen-bond donors (Lipinski definition) is 2. The van der Waals surface area contributed by atoms with Crippen LogP contribution in [-0.4, -0.2) is 62.5 Å². The maximum absolute atomic E-state index is 12.6. The highest BCUT2D eigenvalue weighted by Crippen LogP contribution is 2.38. The molecule has 4 heterocycles. The van der Waals surface area contributed by atoms with E-state index in [1.807, 2.05) is 6.07 Å². The van der Waals surface area contributed by atoms with Gasteiger partial charge < -0.3 is 10.7 Å². The number of fused-ring (bicyclic) bond motifs is 1. The van der Waals surface area contributed by atoms with E-state index in [4.69, 9.17) is 5.73 Å². The molecule has 1 aliphatic heterocycles. The number of anilines is 1. The lowest BCUT2D eigenvalue weighted by atomic mass is 9.89. The van der Waals surface area contributed by atoms with Crippen LogP contribution >= 0.6 is 0 Å². The fourth-order valence-electron chi connectivity index (χ4n) is 3.49. The summed E-state index contributed by atoms with van der Waals surface area (Å²) in [5, 5.41) is 14.1. The minimum absolute atomic E-state index is 0.0881. The van der Waals surface area contributed by atoms with Crippen LogP contribution in [0, 0.1) is 11.3 Å². The van der Waals surface area contributed by atoms with Crippen molar-refractivity contribution in [3.8, 4) is 17.3 Å². The SMILES string of the molecule is N#CCC1(n2cc(-c3ncnc4[nH]ccc34)c(N)n2)CN(S(=O)(=O)CC(F)(F)F)C1. The predicted octanol–water partition coefficient (Wildman–Crippen LogP) is 1.22. The van der Waals surface area contributed by atoms with E-state index in [1.54, 1.807) is 12.3 Å². The van der Waals surface area contributed by atoms with Crippen LogP contribution in [-0.2, 0) is 15.6 Å². The first-order valence-electron chi connectivity index (χ1n) is 8.60. The summed E-state index contributed by atoms with van der Waals surface area (Å²) in [7, 11) is -4.55. The van der Waals surface area contributed by atoms with Crippen molar-refractivity contribution in [2.75, 3.05) is 24.6 Å². The number of H-pyrrole nitrogens is 1. The first-order chi connectivity index (χ1) is 14.0. The van der Waals surface area contributed by atoms with Crippen molar-refractivity contribution in [2.45, 2.75) is 18.1 Å². The summed E-state index contributed by atoms with van der Waals surface area (Å²) in [4.78, 5) is 11.3. The van der Waals surface area contributed by atoms with Crippen molar-refractivity contribution in [3.63, 3.8) is 0 Å². The summed E-state index contributed by atoms with van der Waals surface area (Å²) < 4.78 is 63.8. The van der Waals surface area contributed by atoms with E-state index in [1.165, 1.54) is 17.2 Å². The molecule has 1 fully saturated rings. The number of nitriles is 1. The molecule has 1 aliphatic rings. The predicted molar refractivity (Wildman–Crippen MR) is 99.1 cm³/mol. The van der Waals surface area contributed by atoms with E-state index in [-0.39, 0.29) is 25.3 Å². The van der Waals surface area contributed by atoms with Gasteiger partial charge in [0.1, 0.15) is 17.5 Å². The molecule has 10 nitrogen and oxygen atoms in total. The van der Waals surface area contributed by atoms with E-state index in [9.17, 15) is 26.9 Å². The van der Waals surface area contributed by atoms with Gasteiger partial charge in [-0.05, 0) is 6.07 Å². The van der Waals surface area contributed by atoms with Crippen molar-refractivity contribution in [1.82, 2.24) is 29.0 Å². The Morgan fingerprint density at radius 1 is 1.33 bits per heavy atom. The monoisotopic (exact) mass is 440 g/mol. The molecule has 0 amide bonds.